The molecule has 14 atom stereocenters. The molecule has 1 N–H and O–H groups in total. The monoisotopic (exact) mass is 689 g/mol. The molecule has 48 heavy (non-hydrogen) atoms. The van der Waals surface area contributed by atoms with Gasteiger partial charge in [0.05, 0.1) is 35.4 Å². The number of hydrogen-bond donors (Lipinski definition) is 1. The molecule has 1 aromatic rings. The molecule has 3 aliphatic carbocycles. The summed E-state index contributed by atoms with van der Waals surface area (Å²) in [5.74, 6) is -0.657. The summed E-state index contributed by atoms with van der Waals surface area (Å²) < 4.78 is 36.5. The van der Waals surface area contributed by atoms with E-state index in [1.807, 2.05) is 20.8 Å². The third kappa shape index (κ3) is 6.58. The number of aliphatic hydroxyl groups is 1. The predicted octanol–water partition coefficient (Wildman–Crippen LogP) is 5.67. The molecule has 0 amide bonds. The topological polar surface area (TPSA) is 123 Å². The van der Waals surface area contributed by atoms with Crippen LogP contribution in [0.25, 0.3) is 0 Å². The van der Waals surface area contributed by atoms with Gasteiger partial charge in [0.1, 0.15) is 24.4 Å². The number of carbonyl (C=O) groups excluding carboxylic acids is 2. The van der Waals surface area contributed by atoms with E-state index in [0.717, 1.165) is 30.0 Å². The molecule has 2 saturated heterocycles. The lowest BCUT2D eigenvalue weighted by Gasteiger charge is -2.44. The average molecular weight is 690 g/mol. The van der Waals surface area contributed by atoms with Gasteiger partial charge in [-0.1, -0.05) is 33.8 Å². The van der Waals surface area contributed by atoms with Crippen LogP contribution in [-0.2, 0) is 38.0 Å². The molecule has 3 unspecified atom stereocenters. The smallest absolute Gasteiger partial charge is 0.306 e. The number of methoxy groups -OCH3 is 3. The second-order valence-electron chi connectivity index (χ2n) is 15.0. The molecule has 6 rings (SSSR count). The summed E-state index contributed by atoms with van der Waals surface area (Å²) in [6.07, 6.45) is 3.44. The molecule has 5 aliphatic rings. The number of Topliss-reactive ketones (excluding diaryl/α,β-unsaturated/α-hetero) is 1. The number of ether oxygens (including phenoxy) is 6. The first kappa shape index (κ1) is 36.1. The molecule has 2 aliphatic heterocycles. The number of aliphatic hydroxyl groups excluding tert-OH is 1. The zero-order chi connectivity index (χ0) is 34.4. The molecule has 3 heterocycles. The number of thiazole rings is 1. The second kappa shape index (κ2) is 14.9. The van der Waals surface area contributed by atoms with Crippen molar-refractivity contribution >= 4 is 23.1 Å². The van der Waals surface area contributed by atoms with E-state index in [1.54, 1.807) is 32.7 Å². The van der Waals surface area contributed by atoms with E-state index >= 15 is 0 Å². The fourth-order valence-electron chi connectivity index (χ4n) is 9.25. The van der Waals surface area contributed by atoms with Gasteiger partial charge in [-0.2, -0.15) is 0 Å². The molecule has 1 saturated carbocycles. The Kier molecular flexibility index (Phi) is 11.2. The predicted molar refractivity (Wildman–Crippen MR) is 180 cm³/mol. The largest absolute Gasteiger partial charge is 0.462 e. The van der Waals surface area contributed by atoms with Crippen LogP contribution in [0.3, 0.4) is 0 Å². The minimum absolute atomic E-state index is 0.0143. The molecule has 0 aromatic carbocycles. The van der Waals surface area contributed by atoms with Crippen molar-refractivity contribution in [3.05, 3.63) is 27.2 Å². The van der Waals surface area contributed by atoms with Gasteiger partial charge in [0.15, 0.2) is 12.1 Å². The number of cyclic esters (lactones) is 1. The highest BCUT2D eigenvalue weighted by Crippen LogP contribution is 2.62. The van der Waals surface area contributed by atoms with E-state index in [4.69, 9.17) is 33.4 Å². The van der Waals surface area contributed by atoms with E-state index < -0.39 is 24.4 Å². The highest BCUT2D eigenvalue weighted by atomic mass is 32.1. The third-order valence-corrected chi connectivity index (χ3v) is 13.3. The molecule has 0 radical (unpaired) electrons. The summed E-state index contributed by atoms with van der Waals surface area (Å²) in [6, 6.07) is 0. The minimum atomic E-state index is -0.742. The van der Waals surface area contributed by atoms with Gasteiger partial charge >= 0.3 is 5.97 Å². The number of ketones is 1. The fourth-order valence-corrected chi connectivity index (χ4v) is 10.6. The van der Waals surface area contributed by atoms with Crippen LogP contribution in [0.2, 0.25) is 0 Å². The van der Waals surface area contributed by atoms with Gasteiger partial charge in [-0.25, -0.2) is 4.98 Å². The third-order valence-electron chi connectivity index (χ3n) is 11.8. The Morgan fingerprint density at radius 2 is 1.75 bits per heavy atom. The Morgan fingerprint density at radius 3 is 2.42 bits per heavy atom. The number of fused-ring (bicyclic) bond motifs is 8. The van der Waals surface area contributed by atoms with Gasteiger partial charge in [0, 0.05) is 55.8 Å². The van der Waals surface area contributed by atoms with E-state index in [0.29, 0.717) is 24.8 Å². The van der Waals surface area contributed by atoms with Crippen LogP contribution < -0.4 is 0 Å². The molecular formula is C37H55NO9S. The minimum Gasteiger partial charge on any atom is -0.462 e. The highest BCUT2D eigenvalue weighted by Gasteiger charge is 2.57. The van der Waals surface area contributed by atoms with Crippen molar-refractivity contribution in [3.63, 3.8) is 0 Å². The lowest BCUT2D eigenvalue weighted by molar-refractivity contribution is -0.314. The number of nitrogens with zero attached hydrogens (tertiary/aromatic N) is 1. The van der Waals surface area contributed by atoms with Gasteiger partial charge < -0.3 is 33.5 Å². The van der Waals surface area contributed by atoms with Gasteiger partial charge in [0.25, 0.3) is 0 Å². The summed E-state index contributed by atoms with van der Waals surface area (Å²) in [5.41, 5.74) is 1.69. The molecule has 0 bridgehead atoms. The molecular weight excluding hydrogens is 634 g/mol. The van der Waals surface area contributed by atoms with Crippen LogP contribution in [0, 0.1) is 23.7 Å². The van der Waals surface area contributed by atoms with Crippen LogP contribution in [0.15, 0.2) is 11.6 Å². The standard InChI is InChI=1S/C37H55NO9S/c1-9-20-11-10-12-27(39)18(4)31(41)25-15-23-22-13-21(47-37-34(44-8)33(43-7)32(42-6)19(5)45-37)14-26(22)35-30(38-36(48-35)17(2)3)29(23)24(25)16-28(40)46-20/h15,17-24,26-27,29,32-34,37,39H,9-14,16H2,1-8H3/t18-,19?,20+,21+,22+,23+,24-,26-,27+,29-,32+,33?,34?,37+/m1/s1. The Hall–Kier alpha value is -1.73. The second-order valence-corrected chi connectivity index (χ2v) is 16.0. The van der Waals surface area contributed by atoms with Crippen molar-refractivity contribution in [3.8, 4) is 0 Å². The van der Waals surface area contributed by atoms with Crippen LogP contribution in [-0.4, -0.2) is 92.2 Å². The molecule has 1 aromatic heterocycles. The number of aromatic nitrogens is 1. The quantitative estimate of drug-likeness (QED) is 0.359. The highest BCUT2D eigenvalue weighted by molar-refractivity contribution is 7.12. The van der Waals surface area contributed by atoms with Crippen LogP contribution >= 0.6 is 11.3 Å². The molecule has 10 nitrogen and oxygen atoms in total. The number of rotatable bonds is 7. The van der Waals surface area contributed by atoms with Crippen molar-refractivity contribution in [2.45, 2.75) is 146 Å². The number of esters is 1. The first-order chi connectivity index (χ1) is 23.0. The zero-order valence-corrected chi connectivity index (χ0v) is 30.6. The maximum absolute atomic E-state index is 14.2. The maximum atomic E-state index is 14.2. The van der Waals surface area contributed by atoms with Crippen LogP contribution in [0.1, 0.15) is 113 Å². The van der Waals surface area contributed by atoms with E-state index in [9.17, 15) is 14.7 Å². The Bertz CT molecular complexity index is 1350. The fraction of sp³-hybridized carbons (Fsp3) is 0.811. The van der Waals surface area contributed by atoms with E-state index in [1.165, 1.54) is 4.88 Å². The Labute approximate surface area is 289 Å². The van der Waals surface area contributed by atoms with Gasteiger partial charge in [-0.3, -0.25) is 9.59 Å². The van der Waals surface area contributed by atoms with E-state index in [2.05, 4.69) is 19.9 Å². The average Bonchev–Trinajstić information content (AvgIpc) is 3.78. The van der Waals surface area contributed by atoms with Crippen LogP contribution in [0.4, 0.5) is 0 Å². The first-order valence-electron chi connectivity index (χ1n) is 18.0. The first-order valence-corrected chi connectivity index (χ1v) is 18.9. The van der Waals surface area contributed by atoms with Crippen molar-refractivity contribution in [2.24, 2.45) is 23.7 Å². The lowest BCUT2D eigenvalue weighted by atomic mass is 9.67. The number of hydrogen-bond acceptors (Lipinski definition) is 11. The number of carbonyl (C=O) groups is 2. The Morgan fingerprint density at radius 1 is 1.02 bits per heavy atom. The summed E-state index contributed by atoms with van der Waals surface area (Å²) in [7, 11) is 4.95. The summed E-state index contributed by atoms with van der Waals surface area (Å²) in [6.45, 7) is 10.1. The van der Waals surface area contributed by atoms with Gasteiger partial charge in [-0.05, 0) is 62.9 Å². The SMILES string of the molecule is CC[C@H]1CCC[C@H](O)[C@@H](C)C(=O)C2=C[C@H]3[C@@H]4C[C@H](O[C@@H]5OC(C)[C@H](OC)C(OC)C5OC)C[C@H]4c4sc(C(C)C)nc4[C@H]3[C@@H]2CC(=O)O1. The van der Waals surface area contributed by atoms with Crippen molar-refractivity contribution in [1.29, 1.82) is 0 Å². The normalized spacial score (nSPS) is 41.8. The molecule has 268 valence electrons. The summed E-state index contributed by atoms with van der Waals surface area (Å²) in [4.78, 5) is 34.3. The number of allylic oxidation sites excluding steroid dienone is 2. The maximum Gasteiger partial charge on any atom is 0.306 e. The van der Waals surface area contributed by atoms with Crippen molar-refractivity contribution in [2.75, 3.05) is 21.3 Å². The lowest BCUT2D eigenvalue weighted by Crippen LogP contribution is -2.59. The van der Waals surface area contributed by atoms with E-state index in [-0.39, 0.29) is 84.2 Å². The van der Waals surface area contributed by atoms with Gasteiger partial charge in [-0.15, -0.1) is 11.3 Å². The molecule has 0 spiro atoms. The van der Waals surface area contributed by atoms with Crippen molar-refractivity contribution in [1.82, 2.24) is 4.98 Å². The van der Waals surface area contributed by atoms with Crippen molar-refractivity contribution < 1.29 is 43.1 Å². The van der Waals surface area contributed by atoms with Gasteiger partial charge in [0.2, 0.25) is 0 Å². The Balaban J connectivity index is 1.34. The summed E-state index contributed by atoms with van der Waals surface area (Å²) in [5, 5.41) is 12.2. The zero-order valence-electron chi connectivity index (χ0n) is 29.8. The molecule has 3 fully saturated rings. The summed E-state index contributed by atoms with van der Waals surface area (Å²) >= 11 is 1.78. The van der Waals surface area contributed by atoms with Crippen LogP contribution in [0.5, 0.6) is 0 Å². The molecule has 11 heteroatoms.